The van der Waals surface area contributed by atoms with Gasteiger partial charge < -0.3 is 15.0 Å². The lowest BCUT2D eigenvalue weighted by atomic mass is 10.00. The van der Waals surface area contributed by atoms with Crippen molar-refractivity contribution in [2.75, 3.05) is 25.5 Å². The molecule has 28 heavy (non-hydrogen) atoms. The quantitative estimate of drug-likeness (QED) is 0.823. The van der Waals surface area contributed by atoms with Crippen LogP contribution < -0.4 is 5.32 Å². The molecule has 1 aliphatic heterocycles. The molecule has 0 saturated carbocycles. The molecule has 2 amide bonds. The van der Waals surface area contributed by atoms with Gasteiger partial charge in [-0.05, 0) is 49.1 Å². The standard InChI is InChI=1S/C21H23N3O4/c1-14-5-4-10-24(13-14)20(26)18-12-15(8-9-22-18)19(25)23-17-7-3-6-16(11-17)21(27)28-2/h3,6-9,11-12,14H,4-5,10,13H2,1-2H3,(H,23,25). The van der Waals surface area contributed by atoms with Crippen molar-refractivity contribution in [1.82, 2.24) is 9.88 Å². The van der Waals surface area contributed by atoms with E-state index >= 15 is 0 Å². The van der Waals surface area contributed by atoms with E-state index in [0.717, 1.165) is 12.8 Å². The second-order valence-electron chi connectivity index (χ2n) is 6.95. The summed E-state index contributed by atoms with van der Waals surface area (Å²) in [4.78, 5) is 42.9. The van der Waals surface area contributed by atoms with Crippen molar-refractivity contribution in [2.24, 2.45) is 5.92 Å². The number of aromatic nitrogens is 1. The number of ether oxygens (including phenoxy) is 1. The first-order chi connectivity index (χ1) is 13.5. The van der Waals surface area contributed by atoms with E-state index in [1.54, 1.807) is 29.2 Å². The van der Waals surface area contributed by atoms with Gasteiger partial charge in [0.25, 0.3) is 11.8 Å². The van der Waals surface area contributed by atoms with E-state index in [-0.39, 0.29) is 17.5 Å². The van der Waals surface area contributed by atoms with Gasteiger partial charge in [0, 0.05) is 30.5 Å². The van der Waals surface area contributed by atoms with Crippen LogP contribution in [0.3, 0.4) is 0 Å². The summed E-state index contributed by atoms with van der Waals surface area (Å²) in [6.07, 6.45) is 3.55. The van der Waals surface area contributed by atoms with Crippen LogP contribution in [-0.4, -0.2) is 47.9 Å². The van der Waals surface area contributed by atoms with E-state index < -0.39 is 5.97 Å². The van der Waals surface area contributed by atoms with E-state index in [9.17, 15) is 14.4 Å². The Morgan fingerprint density at radius 1 is 1.18 bits per heavy atom. The minimum absolute atomic E-state index is 0.158. The molecule has 7 heteroatoms. The number of piperidine rings is 1. The molecule has 2 heterocycles. The zero-order valence-corrected chi connectivity index (χ0v) is 16.0. The van der Waals surface area contributed by atoms with Crippen LogP contribution >= 0.6 is 0 Å². The number of rotatable bonds is 4. The molecular weight excluding hydrogens is 358 g/mol. The minimum Gasteiger partial charge on any atom is -0.465 e. The summed E-state index contributed by atoms with van der Waals surface area (Å²) in [6.45, 7) is 3.54. The van der Waals surface area contributed by atoms with Gasteiger partial charge in [-0.15, -0.1) is 0 Å². The first kappa shape index (κ1) is 19.5. The number of pyridine rings is 1. The van der Waals surface area contributed by atoms with Gasteiger partial charge in [0.2, 0.25) is 0 Å². The molecule has 1 saturated heterocycles. The van der Waals surface area contributed by atoms with Gasteiger partial charge in [-0.25, -0.2) is 4.79 Å². The van der Waals surface area contributed by atoms with E-state index in [1.807, 2.05) is 0 Å². The molecule has 0 bridgehead atoms. The third-order valence-electron chi connectivity index (χ3n) is 4.73. The maximum Gasteiger partial charge on any atom is 0.337 e. The highest BCUT2D eigenvalue weighted by Crippen LogP contribution is 2.18. The highest BCUT2D eigenvalue weighted by Gasteiger charge is 2.23. The lowest BCUT2D eigenvalue weighted by Gasteiger charge is -2.30. The summed E-state index contributed by atoms with van der Waals surface area (Å²) in [6, 6.07) is 9.51. The van der Waals surface area contributed by atoms with Gasteiger partial charge >= 0.3 is 5.97 Å². The molecule has 1 unspecified atom stereocenters. The number of nitrogens with one attached hydrogen (secondary N) is 1. The van der Waals surface area contributed by atoms with Crippen molar-refractivity contribution in [3.8, 4) is 0 Å². The molecule has 0 aliphatic carbocycles. The predicted octanol–water partition coefficient (Wildman–Crippen LogP) is 2.99. The first-order valence-electron chi connectivity index (χ1n) is 9.23. The molecule has 1 aromatic carbocycles. The number of amides is 2. The van der Waals surface area contributed by atoms with Gasteiger partial charge in [0.05, 0.1) is 12.7 Å². The SMILES string of the molecule is COC(=O)c1cccc(NC(=O)c2ccnc(C(=O)N3CCCC(C)C3)c2)c1. The molecule has 1 fully saturated rings. The number of anilines is 1. The topological polar surface area (TPSA) is 88.6 Å². The highest BCUT2D eigenvalue weighted by molar-refractivity contribution is 6.06. The van der Waals surface area contributed by atoms with Crippen LogP contribution in [0.4, 0.5) is 5.69 Å². The fraction of sp³-hybridized carbons (Fsp3) is 0.333. The molecule has 7 nitrogen and oxygen atoms in total. The van der Waals surface area contributed by atoms with Crippen molar-refractivity contribution in [1.29, 1.82) is 0 Å². The maximum atomic E-state index is 12.7. The Hall–Kier alpha value is -3.22. The Morgan fingerprint density at radius 3 is 2.75 bits per heavy atom. The van der Waals surface area contributed by atoms with Crippen LogP contribution in [0.5, 0.6) is 0 Å². The number of hydrogen-bond acceptors (Lipinski definition) is 5. The normalized spacial score (nSPS) is 16.4. The lowest BCUT2D eigenvalue weighted by molar-refractivity contribution is 0.0600. The van der Waals surface area contributed by atoms with E-state index in [0.29, 0.717) is 35.8 Å². The summed E-state index contributed by atoms with van der Waals surface area (Å²) in [5.74, 6) is -0.561. The Morgan fingerprint density at radius 2 is 2.00 bits per heavy atom. The zero-order chi connectivity index (χ0) is 20.1. The first-order valence-corrected chi connectivity index (χ1v) is 9.23. The van der Waals surface area contributed by atoms with Gasteiger partial charge in [0.15, 0.2) is 0 Å². The largest absolute Gasteiger partial charge is 0.465 e. The number of carbonyl (C=O) groups excluding carboxylic acids is 3. The van der Waals surface area contributed by atoms with E-state index in [2.05, 4.69) is 22.0 Å². The van der Waals surface area contributed by atoms with Crippen LogP contribution in [0.15, 0.2) is 42.6 Å². The van der Waals surface area contributed by atoms with Gasteiger partial charge in [-0.3, -0.25) is 14.6 Å². The smallest absolute Gasteiger partial charge is 0.337 e. The summed E-state index contributed by atoms with van der Waals surface area (Å²) in [5, 5.41) is 2.73. The average molecular weight is 381 g/mol. The van der Waals surface area contributed by atoms with Crippen LogP contribution in [0.1, 0.15) is 51.0 Å². The lowest BCUT2D eigenvalue weighted by Crippen LogP contribution is -2.39. The van der Waals surface area contributed by atoms with Crippen LogP contribution in [0, 0.1) is 5.92 Å². The fourth-order valence-electron chi connectivity index (χ4n) is 3.27. The number of hydrogen-bond donors (Lipinski definition) is 1. The maximum absolute atomic E-state index is 12.7. The molecule has 1 N–H and O–H groups in total. The molecule has 0 spiro atoms. The highest BCUT2D eigenvalue weighted by atomic mass is 16.5. The molecule has 1 aromatic heterocycles. The van der Waals surface area contributed by atoms with Crippen molar-refractivity contribution in [3.05, 3.63) is 59.4 Å². The van der Waals surface area contributed by atoms with Crippen LogP contribution in [0.2, 0.25) is 0 Å². The van der Waals surface area contributed by atoms with Crippen LogP contribution in [-0.2, 0) is 4.74 Å². The summed E-state index contributed by atoms with van der Waals surface area (Å²) < 4.78 is 4.69. The van der Waals surface area contributed by atoms with Crippen molar-refractivity contribution in [2.45, 2.75) is 19.8 Å². The summed E-state index contributed by atoms with van der Waals surface area (Å²) in [5.41, 5.74) is 1.38. The second-order valence-corrected chi connectivity index (χ2v) is 6.95. The van der Waals surface area contributed by atoms with E-state index in [4.69, 9.17) is 0 Å². The molecule has 0 radical (unpaired) electrons. The van der Waals surface area contributed by atoms with E-state index in [1.165, 1.54) is 25.4 Å². The molecule has 1 aliphatic rings. The Labute approximate surface area is 163 Å². The third-order valence-corrected chi connectivity index (χ3v) is 4.73. The number of nitrogens with zero attached hydrogens (tertiary/aromatic N) is 2. The molecule has 146 valence electrons. The van der Waals surface area contributed by atoms with Gasteiger partial charge in [-0.2, -0.15) is 0 Å². The van der Waals surface area contributed by atoms with Crippen molar-refractivity contribution < 1.29 is 19.1 Å². The van der Waals surface area contributed by atoms with Gasteiger partial charge in [0.1, 0.15) is 5.69 Å². The second kappa shape index (κ2) is 8.65. The molecule has 3 rings (SSSR count). The van der Waals surface area contributed by atoms with Crippen molar-refractivity contribution in [3.63, 3.8) is 0 Å². The summed E-state index contributed by atoms with van der Waals surface area (Å²) >= 11 is 0. The minimum atomic E-state index is -0.483. The van der Waals surface area contributed by atoms with Crippen LogP contribution in [0.25, 0.3) is 0 Å². The summed E-state index contributed by atoms with van der Waals surface area (Å²) in [7, 11) is 1.30. The Bertz CT molecular complexity index is 897. The Kier molecular flexibility index (Phi) is 6.03. The van der Waals surface area contributed by atoms with Gasteiger partial charge in [-0.1, -0.05) is 13.0 Å². The van der Waals surface area contributed by atoms with Crippen molar-refractivity contribution >= 4 is 23.5 Å². The monoisotopic (exact) mass is 381 g/mol. The average Bonchev–Trinajstić information content (AvgIpc) is 2.73. The number of benzene rings is 1. The molecule has 2 aromatic rings. The number of likely N-dealkylation sites (tertiary alicyclic amines) is 1. The Balaban J connectivity index is 1.74. The zero-order valence-electron chi connectivity index (χ0n) is 16.0. The molecule has 1 atom stereocenters. The number of carbonyl (C=O) groups is 3. The third kappa shape index (κ3) is 4.54. The fourth-order valence-corrected chi connectivity index (χ4v) is 3.27. The number of esters is 1. The predicted molar refractivity (Wildman–Crippen MR) is 104 cm³/mol. The number of methoxy groups -OCH3 is 1. The molecular formula is C21H23N3O4.